The van der Waals surface area contributed by atoms with Gasteiger partial charge in [0, 0.05) is 19.2 Å². The molecule has 102 valence electrons. The SMILES string of the molecule is CC(C)CCOCCNC1CCC(C)CC1C. The highest BCUT2D eigenvalue weighted by atomic mass is 16.5. The van der Waals surface area contributed by atoms with Gasteiger partial charge in [-0.25, -0.2) is 0 Å². The first kappa shape index (κ1) is 15.0. The first-order valence-electron chi connectivity index (χ1n) is 7.40. The Morgan fingerprint density at radius 2 is 1.94 bits per heavy atom. The number of hydrogen-bond acceptors (Lipinski definition) is 2. The van der Waals surface area contributed by atoms with Gasteiger partial charge in [0.25, 0.3) is 0 Å². The molecule has 0 amide bonds. The van der Waals surface area contributed by atoms with Crippen LogP contribution in [-0.4, -0.2) is 25.8 Å². The van der Waals surface area contributed by atoms with Gasteiger partial charge in [0.05, 0.1) is 6.61 Å². The molecule has 0 radical (unpaired) electrons. The van der Waals surface area contributed by atoms with Crippen molar-refractivity contribution in [3.63, 3.8) is 0 Å². The van der Waals surface area contributed by atoms with Gasteiger partial charge in [0.2, 0.25) is 0 Å². The molecule has 0 aromatic rings. The fourth-order valence-corrected chi connectivity index (χ4v) is 2.71. The third-order valence-corrected chi connectivity index (χ3v) is 3.92. The standard InChI is InChI=1S/C15H31NO/c1-12(2)7-9-17-10-8-16-15-6-5-13(3)11-14(15)4/h12-16H,5-11H2,1-4H3. The molecular weight excluding hydrogens is 210 g/mol. The summed E-state index contributed by atoms with van der Waals surface area (Å²) in [7, 11) is 0. The van der Waals surface area contributed by atoms with Crippen LogP contribution in [0, 0.1) is 17.8 Å². The Bertz CT molecular complexity index is 193. The molecular formula is C15H31NO. The van der Waals surface area contributed by atoms with Crippen molar-refractivity contribution in [3.8, 4) is 0 Å². The van der Waals surface area contributed by atoms with Gasteiger partial charge in [0.1, 0.15) is 0 Å². The second-order valence-corrected chi connectivity index (χ2v) is 6.25. The van der Waals surface area contributed by atoms with Gasteiger partial charge in [-0.3, -0.25) is 0 Å². The van der Waals surface area contributed by atoms with E-state index in [4.69, 9.17) is 4.74 Å². The van der Waals surface area contributed by atoms with Crippen molar-refractivity contribution in [3.05, 3.63) is 0 Å². The maximum atomic E-state index is 5.63. The van der Waals surface area contributed by atoms with E-state index in [9.17, 15) is 0 Å². The molecule has 17 heavy (non-hydrogen) atoms. The Hall–Kier alpha value is -0.0800. The van der Waals surface area contributed by atoms with Crippen LogP contribution in [0.3, 0.4) is 0 Å². The average molecular weight is 241 g/mol. The van der Waals surface area contributed by atoms with Gasteiger partial charge in [-0.2, -0.15) is 0 Å². The summed E-state index contributed by atoms with van der Waals surface area (Å²) in [6.07, 6.45) is 5.29. The topological polar surface area (TPSA) is 21.3 Å². The second-order valence-electron chi connectivity index (χ2n) is 6.25. The third-order valence-electron chi connectivity index (χ3n) is 3.92. The smallest absolute Gasteiger partial charge is 0.0591 e. The molecule has 2 heteroatoms. The van der Waals surface area contributed by atoms with E-state index < -0.39 is 0 Å². The van der Waals surface area contributed by atoms with E-state index >= 15 is 0 Å². The Morgan fingerprint density at radius 1 is 1.18 bits per heavy atom. The third kappa shape index (κ3) is 6.42. The van der Waals surface area contributed by atoms with Crippen molar-refractivity contribution in [2.75, 3.05) is 19.8 Å². The monoisotopic (exact) mass is 241 g/mol. The minimum Gasteiger partial charge on any atom is -0.380 e. The van der Waals surface area contributed by atoms with E-state index in [0.29, 0.717) is 0 Å². The first-order chi connectivity index (χ1) is 8.09. The summed E-state index contributed by atoms with van der Waals surface area (Å²) in [5, 5.41) is 3.66. The molecule has 1 aliphatic rings. The zero-order chi connectivity index (χ0) is 12.7. The molecule has 1 saturated carbocycles. The summed E-state index contributed by atoms with van der Waals surface area (Å²) in [5.74, 6) is 2.50. The van der Waals surface area contributed by atoms with Crippen LogP contribution in [0.4, 0.5) is 0 Å². The molecule has 0 heterocycles. The van der Waals surface area contributed by atoms with Gasteiger partial charge in [0.15, 0.2) is 0 Å². The van der Waals surface area contributed by atoms with Crippen LogP contribution in [0.15, 0.2) is 0 Å². The highest BCUT2D eigenvalue weighted by Gasteiger charge is 2.24. The molecule has 0 spiro atoms. The van der Waals surface area contributed by atoms with Crippen molar-refractivity contribution >= 4 is 0 Å². The number of nitrogens with one attached hydrogen (secondary N) is 1. The van der Waals surface area contributed by atoms with E-state index in [0.717, 1.165) is 43.6 Å². The Morgan fingerprint density at radius 3 is 2.59 bits per heavy atom. The van der Waals surface area contributed by atoms with Crippen LogP contribution in [0.1, 0.15) is 53.4 Å². The molecule has 0 saturated heterocycles. The molecule has 2 nitrogen and oxygen atoms in total. The van der Waals surface area contributed by atoms with E-state index in [1.165, 1.54) is 25.7 Å². The maximum Gasteiger partial charge on any atom is 0.0591 e. The van der Waals surface area contributed by atoms with Gasteiger partial charge < -0.3 is 10.1 Å². The van der Waals surface area contributed by atoms with Gasteiger partial charge >= 0.3 is 0 Å². The molecule has 1 fully saturated rings. The van der Waals surface area contributed by atoms with Crippen molar-refractivity contribution < 1.29 is 4.74 Å². The Kier molecular flexibility index (Phi) is 7.14. The highest BCUT2D eigenvalue weighted by Crippen LogP contribution is 2.28. The van der Waals surface area contributed by atoms with Crippen LogP contribution in [-0.2, 0) is 4.74 Å². The fourth-order valence-electron chi connectivity index (χ4n) is 2.71. The van der Waals surface area contributed by atoms with Gasteiger partial charge in [-0.15, -0.1) is 0 Å². The summed E-state index contributed by atoms with van der Waals surface area (Å²) in [4.78, 5) is 0. The lowest BCUT2D eigenvalue weighted by Crippen LogP contribution is -2.40. The van der Waals surface area contributed by atoms with Crippen molar-refractivity contribution in [1.82, 2.24) is 5.32 Å². The largest absolute Gasteiger partial charge is 0.380 e. The van der Waals surface area contributed by atoms with Gasteiger partial charge in [-0.1, -0.05) is 27.7 Å². The zero-order valence-corrected chi connectivity index (χ0v) is 12.2. The molecule has 0 aromatic carbocycles. The van der Waals surface area contributed by atoms with Gasteiger partial charge in [-0.05, 0) is 43.4 Å². The van der Waals surface area contributed by atoms with E-state index in [-0.39, 0.29) is 0 Å². The van der Waals surface area contributed by atoms with Crippen molar-refractivity contribution in [2.24, 2.45) is 17.8 Å². The second kappa shape index (κ2) is 8.10. The lowest BCUT2D eigenvalue weighted by molar-refractivity contribution is 0.117. The number of rotatable bonds is 7. The lowest BCUT2D eigenvalue weighted by Gasteiger charge is -2.33. The van der Waals surface area contributed by atoms with Crippen molar-refractivity contribution in [2.45, 2.75) is 59.4 Å². The Balaban J connectivity index is 1.99. The predicted octanol–water partition coefficient (Wildman–Crippen LogP) is 3.46. The predicted molar refractivity (Wildman–Crippen MR) is 74.2 cm³/mol. The molecule has 3 unspecified atom stereocenters. The Labute approximate surface area is 108 Å². The van der Waals surface area contributed by atoms with Crippen LogP contribution >= 0.6 is 0 Å². The normalized spacial score (nSPS) is 29.8. The summed E-state index contributed by atoms with van der Waals surface area (Å²) in [5.41, 5.74) is 0. The van der Waals surface area contributed by atoms with E-state index in [2.05, 4.69) is 33.0 Å². The van der Waals surface area contributed by atoms with Crippen LogP contribution in [0.25, 0.3) is 0 Å². The van der Waals surface area contributed by atoms with E-state index in [1.807, 2.05) is 0 Å². The van der Waals surface area contributed by atoms with Crippen LogP contribution in [0.5, 0.6) is 0 Å². The molecule has 3 atom stereocenters. The van der Waals surface area contributed by atoms with Crippen LogP contribution in [0.2, 0.25) is 0 Å². The zero-order valence-electron chi connectivity index (χ0n) is 12.2. The lowest BCUT2D eigenvalue weighted by atomic mass is 9.80. The molecule has 0 aromatic heterocycles. The first-order valence-corrected chi connectivity index (χ1v) is 7.40. The molecule has 1 rings (SSSR count). The number of hydrogen-bond donors (Lipinski definition) is 1. The maximum absolute atomic E-state index is 5.63. The molecule has 1 aliphatic carbocycles. The minimum atomic E-state index is 0.722. The minimum absolute atomic E-state index is 0.722. The highest BCUT2D eigenvalue weighted by molar-refractivity contribution is 4.80. The summed E-state index contributed by atoms with van der Waals surface area (Å²) < 4.78 is 5.63. The quantitative estimate of drug-likeness (QED) is 0.689. The van der Waals surface area contributed by atoms with E-state index in [1.54, 1.807) is 0 Å². The number of ether oxygens (including phenoxy) is 1. The molecule has 0 bridgehead atoms. The fraction of sp³-hybridized carbons (Fsp3) is 1.00. The summed E-state index contributed by atoms with van der Waals surface area (Å²) >= 11 is 0. The summed E-state index contributed by atoms with van der Waals surface area (Å²) in [6, 6.07) is 0.722. The average Bonchev–Trinajstić information content (AvgIpc) is 2.25. The molecule has 0 aliphatic heterocycles. The van der Waals surface area contributed by atoms with Crippen molar-refractivity contribution in [1.29, 1.82) is 0 Å². The molecule has 1 N–H and O–H groups in total. The van der Waals surface area contributed by atoms with Crippen LogP contribution < -0.4 is 5.32 Å². The summed E-state index contributed by atoms with van der Waals surface area (Å²) in [6.45, 7) is 12.0.